The van der Waals surface area contributed by atoms with Crippen molar-refractivity contribution >= 4 is 5.97 Å². The first-order chi connectivity index (χ1) is 11.6. The maximum atomic E-state index is 13.9. The summed E-state index contributed by atoms with van der Waals surface area (Å²) in [7, 11) is 2.04. The molecule has 24 heavy (non-hydrogen) atoms. The number of likely N-dealkylation sites (tertiary alicyclic amines) is 1. The van der Waals surface area contributed by atoms with E-state index in [2.05, 4.69) is 19.8 Å². The van der Waals surface area contributed by atoms with Crippen molar-refractivity contribution in [3.63, 3.8) is 0 Å². The molecule has 0 saturated carbocycles. The number of hydrogen-bond donors (Lipinski definition) is 0. The third-order valence-electron chi connectivity index (χ3n) is 4.90. The second kappa shape index (κ2) is 7.98. The Hall–Kier alpha value is -1.60. The van der Waals surface area contributed by atoms with Crippen LogP contribution in [-0.4, -0.2) is 71.2 Å². The number of carbonyl (C=O) groups is 1. The highest BCUT2D eigenvalue weighted by Gasteiger charge is 2.33. The Morgan fingerprint density at radius 3 is 2.92 bits per heavy atom. The van der Waals surface area contributed by atoms with Crippen LogP contribution in [0, 0.1) is 5.92 Å². The number of cyclic esters (lactones) is 1. The molecule has 0 amide bonds. The molecule has 0 aromatic carbocycles. The molecule has 0 N–H and O–H groups in total. The van der Waals surface area contributed by atoms with E-state index in [-0.39, 0.29) is 17.9 Å². The zero-order valence-corrected chi connectivity index (χ0v) is 14.1. The molecular formula is C17H25FN4O2. The fourth-order valence-electron chi connectivity index (χ4n) is 3.58. The number of likely N-dealkylation sites (N-methyl/N-ethyl adjacent to an activating group) is 1. The monoisotopic (exact) mass is 336 g/mol. The topological polar surface area (TPSA) is 58.6 Å². The molecule has 2 aliphatic heterocycles. The van der Waals surface area contributed by atoms with Crippen molar-refractivity contribution in [1.29, 1.82) is 0 Å². The highest BCUT2D eigenvalue weighted by Crippen LogP contribution is 2.24. The largest absolute Gasteiger partial charge is 0.465 e. The Morgan fingerprint density at radius 1 is 1.42 bits per heavy atom. The molecule has 3 rings (SSSR count). The van der Waals surface area contributed by atoms with Crippen LogP contribution in [0.4, 0.5) is 4.39 Å². The summed E-state index contributed by atoms with van der Waals surface area (Å²) in [6.07, 6.45) is 6.48. The molecular weight excluding hydrogens is 311 g/mol. The number of aromatic nitrogens is 2. The van der Waals surface area contributed by atoms with Gasteiger partial charge in [-0.15, -0.1) is 0 Å². The van der Waals surface area contributed by atoms with Crippen molar-refractivity contribution in [3.05, 3.63) is 24.3 Å². The Labute approximate surface area is 142 Å². The van der Waals surface area contributed by atoms with Gasteiger partial charge in [-0.2, -0.15) is 0 Å². The van der Waals surface area contributed by atoms with Gasteiger partial charge in [-0.25, -0.2) is 14.4 Å². The summed E-state index contributed by atoms with van der Waals surface area (Å²) < 4.78 is 18.9. The third kappa shape index (κ3) is 4.48. The number of hydrogen-bond acceptors (Lipinski definition) is 6. The zero-order valence-electron chi connectivity index (χ0n) is 14.1. The molecule has 2 saturated heterocycles. The van der Waals surface area contributed by atoms with Gasteiger partial charge in [0.1, 0.15) is 12.5 Å². The maximum absolute atomic E-state index is 13.9. The van der Waals surface area contributed by atoms with Crippen molar-refractivity contribution in [1.82, 2.24) is 19.8 Å². The van der Waals surface area contributed by atoms with E-state index in [0.29, 0.717) is 26.1 Å². The van der Waals surface area contributed by atoms with Gasteiger partial charge in [-0.1, -0.05) is 0 Å². The van der Waals surface area contributed by atoms with Gasteiger partial charge in [-0.3, -0.25) is 9.69 Å². The lowest BCUT2D eigenvalue weighted by Gasteiger charge is -2.28. The molecule has 1 aromatic heterocycles. The predicted octanol–water partition coefficient (Wildman–Crippen LogP) is 1.27. The number of ether oxygens (including phenoxy) is 1. The fourth-order valence-corrected chi connectivity index (χ4v) is 3.58. The van der Waals surface area contributed by atoms with Crippen molar-refractivity contribution in [2.24, 2.45) is 5.92 Å². The molecule has 6 nitrogen and oxygen atoms in total. The van der Waals surface area contributed by atoms with Gasteiger partial charge in [-0.05, 0) is 32.9 Å². The standard InChI is InChI=1S/C17H25FN4O2/c1-21(4-2-14-3-5-24-17(14)23)11-16-6-15(18)10-22(16)9-13-7-19-12-20-8-13/h7-8,12,14-16H,2-6,9-11H2,1H3/t14-,15-,16-/m0/s1. The summed E-state index contributed by atoms with van der Waals surface area (Å²) in [4.78, 5) is 23.9. The molecule has 0 bridgehead atoms. The summed E-state index contributed by atoms with van der Waals surface area (Å²) in [5.74, 6) is -0.0404. The average molecular weight is 336 g/mol. The van der Waals surface area contributed by atoms with Crippen molar-refractivity contribution in [2.75, 3.05) is 33.3 Å². The molecule has 2 fully saturated rings. The van der Waals surface area contributed by atoms with Gasteiger partial charge in [0.15, 0.2) is 0 Å². The number of esters is 1. The van der Waals surface area contributed by atoms with Crippen LogP contribution in [0.25, 0.3) is 0 Å². The molecule has 0 radical (unpaired) electrons. The van der Waals surface area contributed by atoms with Gasteiger partial charge in [0.05, 0.1) is 12.5 Å². The highest BCUT2D eigenvalue weighted by molar-refractivity contribution is 5.74. The maximum Gasteiger partial charge on any atom is 0.309 e. The smallest absolute Gasteiger partial charge is 0.309 e. The molecule has 0 spiro atoms. The van der Waals surface area contributed by atoms with Crippen LogP contribution in [0.2, 0.25) is 0 Å². The van der Waals surface area contributed by atoms with E-state index in [4.69, 9.17) is 4.74 Å². The minimum atomic E-state index is -0.780. The lowest BCUT2D eigenvalue weighted by atomic mass is 10.0. The van der Waals surface area contributed by atoms with Crippen LogP contribution in [0.15, 0.2) is 18.7 Å². The Morgan fingerprint density at radius 2 is 2.21 bits per heavy atom. The summed E-state index contributed by atoms with van der Waals surface area (Å²) in [6, 6.07) is 0.181. The summed E-state index contributed by atoms with van der Waals surface area (Å²) in [5.41, 5.74) is 1.01. The van der Waals surface area contributed by atoms with Crippen molar-refractivity contribution in [2.45, 2.75) is 38.0 Å². The summed E-state index contributed by atoms with van der Waals surface area (Å²) in [5, 5.41) is 0. The van der Waals surface area contributed by atoms with E-state index < -0.39 is 6.17 Å². The SMILES string of the molecule is CN(CC[C@H]1CCOC1=O)C[C@@H]1C[C@H](F)CN1Cc1cncnc1. The van der Waals surface area contributed by atoms with Crippen LogP contribution in [0.5, 0.6) is 0 Å². The number of alkyl halides is 1. The van der Waals surface area contributed by atoms with Gasteiger partial charge in [0.25, 0.3) is 0 Å². The normalized spacial score (nSPS) is 27.8. The van der Waals surface area contributed by atoms with Crippen molar-refractivity contribution < 1.29 is 13.9 Å². The van der Waals surface area contributed by atoms with Crippen LogP contribution in [-0.2, 0) is 16.1 Å². The minimum absolute atomic E-state index is 0.0301. The first kappa shape index (κ1) is 17.2. The van der Waals surface area contributed by atoms with Gasteiger partial charge in [0, 0.05) is 43.6 Å². The fraction of sp³-hybridized carbons (Fsp3) is 0.706. The van der Waals surface area contributed by atoms with Crippen LogP contribution in [0.3, 0.4) is 0 Å². The number of rotatable bonds is 7. The molecule has 0 unspecified atom stereocenters. The van der Waals surface area contributed by atoms with Gasteiger partial charge >= 0.3 is 5.97 Å². The quantitative estimate of drug-likeness (QED) is 0.699. The van der Waals surface area contributed by atoms with E-state index in [1.54, 1.807) is 12.4 Å². The molecule has 3 atom stereocenters. The van der Waals surface area contributed by atoms with Crippen LogP contribution >= 0.6 is 0 Å². The second-order valence-corrected chi connectivity index (χ2v) is 6.87. The number of carbonyl (C=O) groups excluding carboxylic acids is 1. The summed E-state index contributed by atoms with van der Waals surface area (Å²) >= 11 is 0. The van der Waals surface area contributed by atoms with E-state index in [0.717, 1.165) is 31.5 Å². The minimum Gasteiger partial charge on any atom is -0.465 e. The lowest BCUT2D eigenvalue weighted by molar-refractivity contribution is -0.141. The molecule has 1 aromatic rings. The Balaban J connectivity index is 1.49. The first-order valence-electron chi connectivity index (χ1n) is 8.59. The summed E-state index contributed by atoms with van der Waals surface area (Å²) in [6.45, 7) is 3.31. The van der Waals surface area contributed by atoms with Crippen LogP contribution in [0.1, 0.15) is 24.8 Å². The molecule has 7 heteroatoms. The highest BCUT2D eigenvalue weighted by atomic mass is 19.1. The van der Waals surface area contributed by atoms with Crippen LogP contribution < -0.4 is 0 Å². The van der Waals surface area contributed by atoms with E-state index >= 15 is 0 Å². The predicted molar refractivity (Wildman–Crippen MR) is 86.9 cm³/mol. The Bertz CT molecular complexity index is 545. The number of nitrogens with zero attached hydrogens (tertiary/aromatic N) is 4. The third-order valence-corrected chi connectivity index (χ3v) is 4.90. The average Bonchev–Trinajstić information content (AvgIpc) is 3.12. The zero-order chi connectivity index (χ0) is 16.9. The molecule has 0 aliphatic carbocycles. The lowest BCUT2D eigenvalue weighted by Crippen LogP contribution is -2.39. The second-order valence-electron chi connectivity index (χ2n) is 6.87. The molecule has 3 heterocycles. The molecule has 132 valence electrons. The van der Waals surface area contributed by atoms with Crippen molar-refractivity contribution in [3.8, 4) is 0 Å². The Kier molecular flexibility index (Phi) is 5.73. The van der Waals surface area contributed by atoms with E-state index in [1.807, 2.05) is 7.05 Å². The first-order valence-corrected chi connectivity index (χ1v) is 8.59. The van der Waals surface area contributed by atoms with E-state index in [9.17, 15) is 9.18 Å². The number of halogens is 1. The van der Waals surface area contributed by atoms with Gasteiger partial charge < -0.3 is 9.64 Å². The molecule has 2 aliphatic rings. The van der Waals surface area contributed by atoms with E-state index in [1.165, 1.54) is 6.33 Å². The van der Waals surface area contributed by atoms with Gasteiger partial charge in [0.2, 0.25) is 0 Å².